The number of hydrogen-bond acceptors (Lipinski definition) is 4. The molecule has 0 spiro atoms. The quantitative estimate of drug-likeness (QED) is 0.456. The first kappa shape index (κ1) is 24.3. The van der Waals surface area contributed by atoms with Crippen molar-refractivity contribution in [3.63, 3.8) is 0 Å². The molecule has 28 heavy (non-hydrogen) atoms. The number of hydrogen-bond donors (Lipinski definition) is 4. The molecule has 0 aromatic heterocycles. The van der Waals surface area contributed by atoms with Crippen molar-refractivity contribution in [1.29, 1.82) is 0 Å². The fourth-order valence-electron chi connectivity index (χ4n) is 2.33. The van der Waals surface area contributed by atoms with Crippen LogP contribution < -0.4 is 21.6 Å². The largest absolute Gasteiger partial charge is 0.394 e. The normalized spacial score (nSPS) is 10.6. The van der Waals surface area contributed by atoms with Gasteiger partial charge in [-0.1, -0.05) is 91.0 Å². The van der Waals surface area contributed by atoms with Gasteiger partial charge in [-0.25, -0.2) is 0 Å². The smallest absolute Gasteiger partial charge is 0.0856 e. The molecule has 0 unspecified atom stereocenters. The second-order valence-corrected chi connectivity index (χ2v) is 8.40. The molecule has 0 atom stereocenters. The fraction of sp³-hybridized carbons (Fsp3) is 0.182. The maximum absolute atomic E-state index is 8.34. The predicted octanol–water partition coefficient (Wildman–Crippen LogP) is 1.53. The van der Waals surface area contributed by atoms with Crippen LogP contribution in [0.4, 0.5) is 0 Å². The molecule has 0 saturated heterocycles. The average molecular weight is 420 g/mol. The Morgan fingerprint density at radius 2 is 0.821 bits per heavy atom. The van der Waals surface area contributed by atoms with Gasteiger partial charge < -0.3 is 21.1 Å². The minimum atomic E-state index is -1.21. The van der Waals surface area contributed by atoms with Gasteiger partial charge in [-0.2, -0.15) is 0 Å². The van der Waals surface area contributed by atoms with E-state index in [1.807, 2.05) is 0 Å². The van der Waals surface area contributed by atoms with E-state index in [1.165, 1.54) is 15.9 Å². The van der Waals surface area contributed by atoms with E-state index < -0.39 is 33.3 Å². The zero-order chi connectivity index (χ0) is 19.5. The van der Waals surface area contributed by atoms with Crippen LogP contribution in [-0.4, -0.2) is 40.7 Å². The Balaban J connectivity index is 0.000000376. The van der Waals surface area contributed by atoms with Gasteiger partial charge >= 0.3 is 0 Å². The molecule has 0 heterocycles. The molecule has 4 nitrogen and oxygen atoms in total. The van der Waals surface area contributed by atoms with Crippen LogP contribution in [0.3, 0.4) is 0 Å². The van der Waals surface area contributed by atoms with Crippen LogP contribution in [0.15, 0.2) is 91.0 Å². The summed E-state index contributed by atoms with van der Waals surface area (Å²) in [5, 5.41) is 29.2. The van der Waals surface area contributed by atoms with Crippen molar-refractivity contribution in [1.82, 2.24) is 0 Å². The molecule has 3 rings (SSSR count). The number of benzene rings is 3. The minimum Gasteiger partial charge on any atom is -0.394 e. The summed E-state index contributed by atoms with van der Waals surface area (Å²) >= 11 is 0. The lowest BCUT2D eigenvalue weighted by atomic mass is 10.1. The van der Waals surface area contributed by atoms with Crippen LogP contribution in [0, 0.1) is 0 Å². The summed E-state index contributed by atoms with van der Waals surface area (Å²) in [5.74, 6) is 0. The van der Waals surface area contributed by atoms with Gasteiger partial charge in [-0.05, 0) is 23.8 Å². The van der Waals surface area contributed by atoms with Crippen molar-refractivity contribution in [2.24, 2.45) is 5.73 Å². The molecule has 0 amide bonds. The molecule has 0 aliphatic heterocycles. The van der Waals surface area contributed by atoms with E-state index in [-0.39, 0.29) is 12.4 Å². The molecule has 3 aromatic rings. The Kier molecular flexibility index (Phi) is 10.9. The highest BCUT2D eigenvalue weighted by molar-refractivity contribution is 7.79. The molecule has 150 valence electrons. The number of nitrogens with two attached hydrogens (primary N) is 1. The molecule has 0 fully saturated rings. The summed E-state index contributed by atoms with van der Waals surface area (Å²) in [6.45, 7) is -1.21. The standard InChI is InChI=1S/C18H15P.C4H11NO3.ClH/c1-4-10-16(11-5-1)19(17-12-6-2-7-13-17)18-14-8-3-9-15-18;5-4(1-6,2-7)3-8;/h1-15H;6-8H,1-3,5H2;1H. The number of halogens is 1. The van der Waals surface area contributed by atoms with Gasteiger partial charge in [0.15, 0.2) is 0 Å². The van der Waals surface area contributed by atoms with E-state index in [9.17, 15) is 0 Å². The average Bonchev–Trinajstić information content (AvgIpc) is 2.76. The summed E-state index contributed by atoms with van der Waals surface area (Å²) in [5.41, 5.74) is 3.94. The lowest BCUT2D eigenvalue weighted by Gasteiger charge is -2.20. The highest BCUT2D eigenvalue weighted by Crippen LogP contribution is 2.32. The van der Waals surface area contributed by atoms with Crippen LogP contribution in [-0.2, 0) is 0 Å². The van der Waals surface area contributed by atoms with E-state index in [4.69, 9.17) is 21.1 Å². The molecular weight excluding hydrogens is 393 g/mol. The van der Waals surface area contributed by atoms with Gasteiger partial charge in [0.05, 0.1) is 25.4 Å². The zero-order valence-corrected chi connectivity index (χ0v) is 17.3. The van der Waals surface area contributed by atoms with Crippen molar-refractivity contribution in [3.05, 3.63) is 91.0 Å². The molecule has 5 N–H and O–H groups in total. The third-order valence-corrected chi connectivity index (χ3v) is 6.43. The third kappa shape index (κ3) is 6.99. The first-order valence-electron chi connectivity index (χ1n) is 8.70. The number of aliphatic hydroxyl groups excluding tert-OH is 3. The van der Waals surface area contributed by atoms with Crippen molar-refractivity contribution in [2.75, 3.05) is 19.8 Å². The molecule has 0 saturated carbocycles. The Bertz CT molecular complexity index is 669. The van der Waals surface area contributed by atoms with Crippen molar-refractivity contribution >= 4 is 36.2 Å². The SMILES string of the molecule is Cl.NC(CO)(CO)CO.c1ccc(P(c2ccccc2)c2ccccc2)cc1. The maximum Gasteiger partial charge on any atom is 0.0856 e. The number of rotatable bonds is 6. The second kappa shape index (κ2) is 12.6. The maximum atomic E-state index is 8.34. The van der Waals surface area contributed by atoms with E-state index in [1.54, 1.807) is 0 Å². The lowest BCUT2D eigenvalue weighted by Crippen LogP contribution is -2.50. The van der Waals surface area contributed by atoms with Crippen molar-refractivity contribution < 1.29 is 15.3 Å². The fourth-order valence-corrected chi connectivity index (χ4v) is 4.63. The lowest BCUT2D eigenvalue weighted by molar-refractivity contribution is 0.0698. The first-order chi connectivity index (χ1) is 13.1. The summed E-state index contributed by atoms with van der Waals surface area (Å²) in [4.78, 5) is 0. The zero-order valence-electron chi connectivity index (χ0n) is 15.6. The summed E-state index contributed by atoms with van der Waals surface area (Å²) in [6, 6.07) is 32.3. The van der Waals surface area contributed by atoms with Crippen molar-refractivity contribution in [2.45, 2.75) is 5.54 Å². The van der Waals surface area contributed by atoms with Gasteiger partial charge in [0.1, 0.15) is 0 Å². The number of aliphatic hydroxyl groups is 3. The van der Waals surface area contributed by atoms with Gasteiger partial charge in [-0.15, -0.1) is 12.4 Å². The van der Waals surface area contributed by atoms with E-state index in [2.05, 4.69) is 91.0 Å². The highest BCUT2D eigenvalue weighted by atomic mass is 35.5. The molecule has 0 bridgehead atoms. The predicted molar refractivity (Wildman–Crippen MR) is 121 cm³/mol. The third-order valence-electron chi connectivity index (χ3n) is 3.99. The molecule has 3 aromatic carbocycles. The highest BCUT2D eigenvalue weighted by Gasteiger charge is 2.20. The minimum absolute atomic E-state index is 0. The molecule has 0 aliphatic rings. The van der Waals surface area contributed by atoms with Crippen LogP contribution in [0.25, 0.3) is 0 Å². The Hall–Kier alpha value is -1.78. The summed E-state index contributed by atoms with van der Waals surface area (Å²) in [6.07, 6.45) is 0. The van der Waals surface area contributed by atoms with Crippen LogP contribution in [0.2, 0.25) is 0 Å². The summed E-state index contributed by atoms with van der Waals surface area (Å²) in [7, 11) is -0.446. The van der Waals surface area contributed by atoms with Gasteiger partial charge in [0, 0.05) is 0 Å². The molecule has 0 aliphatic carbocycles. The summed E-state index contributed by atoms with van der Waals surface area (Å²) < 4.78 is 0. The Morgan fingerprint density at radius 3 is 1.00 bits per heavy atom. The topological polar surface area (TPSA) is 86.7 Å². The molecule has 6 heteroatoms. The monoisotopic (exact) mass is 419 g/mol. The van der Waals surface area contributed by atoms with E-state index in [0.29, 0.717) is 0 Å². The van der Waals surface area contributed by atoms with Gasteiger partial charge in [0.2, 0.25) is 0 Å². The first-order valence-corrected chi connectivity index (χ1v) is 10.0. The van der Waals surface area contributed by atoms with Crippen LogP contribution in [0.5, 0.6) is 0 Å². The van der Waals surface area contributed by atoms with Gasteiger partial charge in [-0.3, -0.25) is 0 Å². The second-order valence-electron chi connectivity index (χ2n) is 6.18. The van der Waals surface area contributed by atoms with Crippen LogP contribution >= 0.6 is 20.3 Å². The Morgan fingerprint density at radius 1 is 0.571 bits per heavy atom. The molecular formula is C22H27ClNO3P. The van der Waals surface area contributed by atoms with Crippen LogP contribution in [0.1, 0.15) is 0 Å². The Labute approximate surface area is 173 Å². The molecule has 0 radical (unpaired) electrons. The van der Waals surface area contributed by atoms with E-state index >= 15 is 0 Å². The van der Waals surface area contributed by atoms with Gasteiger partial charge in [0.25, 0.3) is 0 Å². The van der Waals surface area contributed by atoms with Crippen molar-refractivity contribution in [3.8, 4) is 0 Å². The van der Waals surface area contributed by atoms with E-state index in [0.717, 1.165) is 0 Å².